The summed E-state index contributed by atoms with van der Waals surface area (Å²) in [4.78, 5) is 0. The van der Waals surface area contributed by atoms with E-state index in [0.717, 1.165) is 12.2 Å². The molecule has 1 aliphatic rings. The molecule has 0 atom stereocenters. The SMILES string of the molecule is C1=CCC=C1.CC.Cc1ccco1. The van der Waals surface area contributed by atoms with Crippen molar-refractivity contribution < 1.29 is 4.42 Å². The maximum absolute atomic E-state index is 4.83. The minimum absolute atomic E-state index is 0.968. The second-order valence-corrected chi connectivity index (χ2v) is 2.32. The number of allylic oxidation sites excluding steroid dienone is 4. The number of furan rings is 1. The van der Waals surface area contributed by atoms with Gasteiger partial charge in [0.2, 0.25) is 0 Å². The predicted octanol–water partition coefficient (Wildman–Crippen LogP) is 4.12. The number of rotatable bonds is 0. The van der Waals surface area contributed by atoms with Gasteiger partial charge in [0, 0.05) is 0 Å². The van der Waals surface area contributed by atoms with E-state index in [0.29, 0.717) is 0 Å². The third kappa shape index (κ3) is 7.13. The molecular weight excluding hydrogens is 160 g/mol. The molecule has 13 heavy (non-hydrogen) atoms. The van der Waals surface area contributed by atoms with Crippen LogP contribution < -0.4 is 0 Å². The fourth-order valence-electron chi connectivity index (χ4n) is 0.754. The van der Waals surface area contributed by atoms with Crippen molar-refractivity contribution in [2.45, 2.75) is 27.2 Å². The van der Waals surface area contributed by atoms with Crippen LogP contribution in [0.25, 0.3) is 0 Å². The summed E-state index contributed by atoms with van der Waals surface area (Å²) in [7, 11) is 0. The summed E-state index contributed by atoms with van der Waals surface area (Å²) in [5.74, 6) is 0.968. The Labute approximate surface area is 80.8 Å². The lowest BCUT2D eigenvalue weighted by Crippen LogP contribution is -1.48. The molecule has 72 valence electrons. The highest BCUT2D eigenvalue weighted by Gasteiger charge is 1.76. The van der Waals surface area contributed by atoms with Crippen LogP contribution >= 0.6 is 0 Å². The molecule has 1 aromatic rings. The molecule has 0 amide bonds. The molecule has 0 aliphatic heterocycles. The van der Waals surface area contributed by atoms with E-state index in [1.807, 2.05) is 32.9 Å². The average Bonchev–Trinajstić information content (AvgIpc) is 2.81. The lowest BCUT2D eigenvalue weighted by atomic mass is 10.5. The molecule has 0 fully saturated rings. The molecule has 0 N–H and O–H groups in total. The molecule has 0 spiro atoms. The number of aryl methyl sites for hydroxylation is 1. The van der Waals surface area contributed by atoms with E-state index in [1.165, 1.54) is 0 Å². The molecule has 2 rings (SSSR count). The van der Waals surface area contributed by atoms with Crippen molar-refractivity contribution in [2.75, 3.05) is 0 Å². The van der Waals surface area contributed by atoms with Gasteiger partial charge in [-0.2, -0.15) is 0 Å². The van der Waals surface area contributed by atoms with Crippen molar-refractivity contribution in [3.8, 4) is 0 Å². The zero-order chi connectivity index (χ0) is 9.94. The smallest absolute Gasteiger partial charge is 0.100 e. The van der Waals surface area contributed by atoms with Gasteiger partial charge in [-0.25, -0.2) is 0 Å². The second kappa shape index (κ2) is 8.85. The topological polar surface area (TPSA) is 13.1 Å². The standard InChI is InChI=1S/C5H6O.C5H6.C2H6/c1-5-3-2-4-6-5;1-2-4-5-3-1;1-2/h2-4H,1H3;1-4H,5H2;1-2H3. The summed E-state index contributed by atoms with van der Waals surface area (Å²) in [6.45, 7) is 5.92. The van der Waals surface area contributed by atoms with Crippen molar-refractivity contribution in [3.63, 3.8) is 0 Å². The zero-order valence-electron chi connectivity index (χ0n) is 8.66. The molecule has 1 aliphatic carbocycles. The Kier molecular flexibility index (Phi) is 8.01. The highest BCUT2D eigenvalue weighted by molar-refractivity contribution is 5.11. The predicted molar refractivity (Wildman–Crippen MR) is 57.7 cm³/mol. The summed E-state index contributed by atoms with van der Waals surface area (Å²) in [6, 6.07) is 3.79. The van der Waals surface area contributed by atoms with Crippen LogP contribution in [-0.4, -0.2) is 0 Å². The molecule has 1 heterocycles. The third-order valence-corrected chi connectivity index (χ3v) is 1.32. The van der Waals surface area contributed by atoms with Gasteiger partial charge in [0.15, 0.2) is 0 Å². The lowest BCUT2D eigenvalue weighted by molar-refractivity contribution is 0.534. The molecule has 1 heteroatoms. The summed E-state index contributed by atoms with van der Waals surface area (Å²) in [5, 5.41) is 0. The van der Waals surface area contributed by atoms with Crippen LogP contribution in [0.15, 0.2) is 47.1 Å². The second-order valence-electron chi connectivity index (χ2n) is 2.32. The van der Waals surface area contributed by atoms with Gasteiger partial charge in [-0.15, -0.1) is 0 Å². The first-order valence-corrected chi connectivity index (χ1v) is 4.71. The quantitative estimate of drug-likeness (QED) is 0.582. The van der Waals surface area contributed by atoms with E-state index in [9.17, 15) is 0 Å². The largest absolute Gasteiger partial charge is 0.470 e. The molecule has 0 saturated heterocycles. The first-order chi connectivity index (χ1) is 6.39. The van der Waals surface area contributed by atoms with Gasteiger partial charge in [0.25, 0.3) is 0 Å². The summed E-state index contributed by atoms with van der Waals surface area (Å²) >= 11 is 0. The Hall–Kier alpha value is -1.24. The molecule has 0 unspecified atom stereocenters. The fourth-order valence-corrected chi connectivity index (χ4v) is 0.754. The summed E-state index contributed by atoms with van der Waals surface area (Å²) < 4.78 is 4.83. The van der Waals surface area contributed by atoms with E-state index >= 15 is 0 Å². The van der Waals surface area contributed by atoms with E-state index in [2.05, 4.69) is 24.3 Å². The third-order valence-electron chi connectivity index (χ3n) is 1.32. The van der Waals surface area contributed by atoms with Gasteiger partial charge in [-0.1, -0.05) is 38.2 Å². The molecule has 1 nitrogen and oxygen atoms in total. The zero-order valence-corrected chi connectivity index (χ0v) is 8.66. The Morgan fingerprint density at radius 1 is 1.15 bits per heavy atom. The van der Waals surface area contributed by atoms with E-state index in [-0.39, 0.29) is 0 Å². The van der Waals surface area contributed by atoms with E-state index in [1.54, 1.807) is 6.26 Å². The first kappa shape index (κ1) is 11.8. The van der Waals surface area contributed by atoms with E-state index in [4.69, 9.17) is 4.42 Å². The highest BCUT2D eigenvalue weighted by Crippen LogP contribution is 1.93. The first-order valence-electron chi connectivity index (χ1n) is 4.71. The van der Waals surface area contributed by atoms with Crippen molar-refractivity contribution in [1.29, 1.82) is 0 Å². The Morgan fingerprint density at radius 3 is 1.92 bits per heavy atom. The summed E-state index contributed by atoms with van der Waals surface area (Å²) in [6.07, 6.45) is 11.2. The molecule has 0 bridgehead atoms. The van der Waals surface area contributed by atoms with Gasteiger partial charge >= 0.3 is 0 Å². The van der Waals surface area contributed by atoms with E-state index < -0.39 is 0 Å². The monoisotopic (exact) mass is 178 g/mol. The van der Waals surface area contributed by atoms with Gasteiger partial charge in [0.05, 0.1) is 6.26 Å². The van der Waals surface area contributed by atoms with Crippen molar-refractivity contribution in [3.05, 3.63) is 48.5 Å². The fraction of sp³-hybridized carbons (Fsp3) is 0.333. The molecule has 0 aromatic carbocycles. The maximum Gasteiger partial charge on any atom is 0.100 e. The normalized spacial score (nSPS) is 11.3. The Balaban J connectivity index is 0.000000189. The number of hydrogen-bond donors (Lipinski definition) is 0. The van der Waals surface area contributed by atoms with Crippen LogP contribution in [-0.2, 0) is 0 Å². The molecular formula is C12H18O. The molecule has 0 saturated carbocycles. The minimum atomic E-state index is 0.968. The Bertz CT molecular complexity index is 220. The van der Waals surface area contributed by atoms with Crippen LogP contribution in [0, 0.1) is 6.92 Å². The van der Waals surface area contributed by atoms with Crippen LogP contribution in [0.1, 0.15) is 26.0 Å². The van der Waals surface area contributed by atoms with Gasteiger partial charge < -0.3 is 4.42 Å². The maximum atomic E-state index is 4.83. The summed E-state index contributed by atoms with van der Waals surface area (Å²) in [5.41, 5.74) is 0. The Morgan fingerprint density at radius 2 is 1.77 bits per heavy atom. The average molecular weight is 178 g/mol. The van der Waals surface area contributed by atoms with Gasteiger partial charge in [-0.3, -0.25) is 0 Å². The van der Waals surface area contributed by atoms with Gasteiger partial charge in [0.1, 0.15) is 5.76 Å². The molecule has 1 aromatic heterocycles. The van der Waals surface area contributed by atoms with Crippen LogP contribution in [0.4, 0.5) is 0 Å². The minimum Gasteiger partial charge on any atom is -0.470 e. The highest BCUT2D eigenvalue weighted by atomic mass is 16.3. The van der Waals surface area contributed by atoms with Crippen LogP contribution in [0.2, 0.25) is 0 Å². The van der Waals surface area contributed by atoms with Gasteiger partial charge in [-0.05, 0) is 25.5 Å². The lowest BCUT2D eigenvalue weighted by Gasteiger charge is -1.69. The van der Waals surface area contributed by atoms with Crippen molar-refractivity contribution >= 4 is 0 Å². The van der Waals surface area contributed by atoms with Crippen LogP contribution in [0.5, 0.6) is 0 Å². The molecule has 0 radical (unpaired) electrons. The van der Waals surface area contributed by atoms with Crippen molar-refractivity contribution in [1.82, 2.24) is 0 Å². The van der Waals surface area contributed by atoms with Crippen molar-refractivity contribution in [2.24, 2.45) is 0 Å². The number of hydrogen-bond acceptors (Lipinski definition) is 1. The van der Waals surface area contributed by atoms with Crippen LogP contribution in [0.3, 0.4) is 0 Å².